The molecule has 2 bridgehead atoms. The van der Waals surface area contributed by atoms with Crippen LogP contribution in [0.1, 0.15) is 36.0 Å². The van der Waals surface area contributed by atoms with E-state index in [2.05, 4.69) is 9.88 Å². The van der Waals surface area contributed by atoms with Crippen LogP contribution < -0.4 is 0 Å². The normalized spacial score (nSPS) is 30.5. The second-order valence-electron chi connectivity index (χ2n) is 5.17. The van der Waals surface area contributed by atoms with E-state index in [0.29, 0.717) is 23.8 Å². The van der Waals surface area contributed by atoms with Gasteiger partial charge in [0.1, 0.15) is 0 Å². The van der Waals surface area contributed by atoms with Crippen molar-refractivity contribution in [2.45, 2.75) is 43.9 Å². The molecule has 96 valence electrons. The molecule has 1 amide bonds. The monoisotopic (exact) mass is 246 g/mol. The molecule has 4 heteroatoms. The van der Waals surface area contributed by atoms with E-state index >= 15 is 0 Å². The summed E-state index contributed by atoms with van der Waals surface area (Å²) in [7, 11) is 1.77. The minimum atomic E-state index is 0.130. The third-order valence-electron chi connectivity index (χ3n) is 4.17. The number of amides is 1. The van der Waals surface area contributed by atoms with Gasteiger partial charge < -0.3 is 9.64 Å². The van der Waals surface area contributed by atoms with Crippen LogP contribution in [-0.4, -0.2) is 41.1 Å². The van der Waals surface area contributed by atoms with Crippen LogP contribution in [0.3, 0.4) is 0 Å². The summed E-state index contributed by atoms with van der Waals surface area (Å²) in [5.41, 5.74) is 0.699. The third-order valence-corrected chi connectivity index (χ3v) is 4.17. The lowest BCUT2D eigenvalue weighted by molar-refractivity contribution is 0.00821. The van der Waals surface area contributed by atoms with E-state index in [1.807, 2.05) is 12.1 Å². The Labute approximate surface area is 107 Å². The lowest BCUT2D eigenvalue weighted by Gasteiger charge is -2.38. The average molecular weight is 246 g/mol. The van der Waals surface area contributed by atoms with Gasteiger partial charge in [-0.25, -0.2) is 0 Å². The van der Waals surface area contributed by atoms with Crippen LogP contribution in [0.2, 0.25) is 0 Å². The fourth-order valence-electron chi connectivity index (χ4n) is 3.29. The highest BCUT2D eigenvalue weighted by Gasteiger charge is 2.43. The molecule has 1 aromatic heterocycles. The summed E-state index contributed by atoms with van der Waals surface area (Å²) in [5.74, 6) is 0.130. The number of carbonyl (C=O) groups excluding carboxylic acids is 1. The molecule has 0 N–H and O–H groups in total. The van der Waals surface area contributed by atoms with Crippen LogP contribution in [0.4, 0.5) is 0 Å². The molecule has 2 aliphatic heterocycles. The summed E-state index contributed by atoms with van der Waals surface area (Å²) in [6, 6.07) is 4.36. The highest BCUT2D eigenvalue weighted by Crippen LogP contribution is 2.37. The van der Waals surface area contributed by atoms with E-state index in [1.165, 1.54) is 0 Å². The molecule has 0 radical (unpaired) electrons. The van der Waals surface area contributed by atoms with Gasteiger partial charge in [-0.05, 0) is 37.8 Å². The van der Waals surface area contributed by atoms with Gasteiger partial charge in [0.2, 0.25) is 0 Å². The molecule has 1 aromatic rings. The van der Waals surface area contributed by atoms with Crippen molar-refractivity contribution in [2.75, 3.05) is 7.11 Å². The quantitative estimate of drug-likeness (QED) is 0.800. The Balaban J connectivity index is 1.80. The Kier molecular flexibility index (Phi) is 3.04. The van der Waals surface area contributed by atoms with E-state index in [4.69, 9.17) is 4.74 Å². The van der Waals surface area contributed by atoms with Gasteiger partial charge in [-0.3, -0.25) is 9.78 Å². The molecule has 2 unspecified atom stereocenters. The highest BCUT2D eigenvalue weighted by atomic mass is 16.5. The molecule has 2 fully saturated rings. The van der Waals surface area contributed by atoms with Gasteiger partial charge in [-0.15, -0.1) is 0 Å². The van der Waals surface area contributed by atoms with Crippen molar-refractivity contribution in [3.05, 3.63) is 30.1 Å². The van der Waals surface area contributed by atoms with Gasteiger partial charge in [0.05, 0.1) is 11.7 Å². The summed E-state index contributed by atoms with van der Waals surface area (Å²) in [6.45, 7) is 0. The standard InChI is InChI=1S/C14H18N2O2/c1-18-13-7-11-4-5-12(8-13)16(11)14(17)10-3-2-6-15-9-10/h2-3,6,9,11-13H,4-5,7-8H2,1H3. The third kappa shape index (κ3) is 1.90. The number of carbonyl (C=O) groups is 1. The molecular formula is C14H18N2O2. The molecule has 2 saturated heterocycles. The number of fused-ring (bicyclic) bond motifs is 2. The first kappa shape index (κ1) is 11.7. The van der Waals surface area contributed by atoms with Gasteiger partial charge in [-0.2, -0.15) is 0 Å². The fourth-order valence-corrected chi connectivity index (χ4v) is 3.29. The maximum atomic E-state index is 12.5. The Morgan fingerprint density at radius 1 is 1.39 bits per heavy atom. The number of hydrogen-bond acceptors (Lipinski definition) is 3. The van der Waals surface area contributed by atoms with Gasteiger partial charge in [0.25, 0.3) is 5.91 Å². The van der Waals surface area contributed by atoms with Crippen LogP contribution >= 0.6 is 0 Å². The predicted octanol–water partition coefficient (Wildman–Crippen LogP) is 1.86. The predicted molar refractivity (Wildman–Crippen MR) is 67.2 cm³/mol. The summed E-state index contributed by atoms with van der Waals surface area (Å²) in [4.78, 5) is 18.6. The number of methoxy groups -OCH3 is 1. The van der Waals surface area contributed by atoms with Crippen LogP contribution in [0.15, 0.2) is 24.5 Å². The van der Waals surface area contributed by atoms with Crippen molar-refractivity contribution in [3.63, 3.8) is 0 Å². The molecule has 2 aliphatic rings. The SMILES string of the molecule is COC1CC2CCC(C1)N2C(=O)c1cccnc1. The Bertz CT molecular complexity index is 421. The highest BCUT2D eigenvalue weighted by molar-refractivity contribution is 5.94. The number of piperidine rings is 1. The molecule has 4 nitrogen and oxygen atoms in total. The summed E-state index contributed by atoms with van der Waals surface area (Å²) in [5, 5.41) is 0. The summed E-state index contributed by atoms with van der Waals surface area (Å²) in [6.07, 6.45) is 7.83. The number of nitrogens with zero attached hydrogens (tertiary/aromatic N) is 2. The second kappa shape index (κ2) is 4.69. The number of pyridine rings is 1. The van der Waals surface area contributed by atoms with Crippen LogP contribution in [-0.2, 0) is 4.74 Å². The van der Waals surface area contributed by atoms with Gasteiger partial charge in [0.15, 0.2) is 0 Å². The molecule has 0 spiro atoms. The van der Waals surface area contributed by atoms with Crippen LogP contribution in [0, 0.1) is 0 Å². The number of hydrogen-bond donors (Lipinski definition) is 0. The number of rotatable bonds is 2. The smallest absolute Gasteiger partial charge is 0.255 e. The van der Waals surface area contributed by atoms with Gasteiger partial charge >= 0.3 is 0 Å². The first-order chi connectivity index (χ1) is 8.79. The Hall–Kier alpha value is -1.42. The first-order valence-corrected chi connectivity index (χ1v) is 6.55. The van der Waals surface area contributed by atoms with E-state index in [0.717, 1.165) is 25.7 Å². The molecule has 3 rings (SSSR count). The van der Waals surface area contributed by atoms with E-state index in [9.17, 15) is 4.79 Å². The van der Waals surface area contributed by atoms with Crippen molar-refractivity contribution in [1.29, 1.82) is 0 Å². The lowest BCUT2D eigenvalue weighted by Crippen LogP contribution is -2.48. The molecule has 18 heavy (non-hydrogen) atoms. The van der Waals surface area contributed by atoms with Crippen LogP contribution in [0.5, 0.6) is 0 Å². The average Bonchev–Trinajstić information content (AvgIpc) is 2.69. The molecular weight excluding hydrogens is 228 g/mol. The van der Waals surface area contributed by atoms with Crippen molar-refractivity contribution < 1.29 is 9.53 Å². The first-order valence-electron chi connectivity index (χ1n) is 6.55. The Morgan fingerprint density at radius 2 is 2.11 bits per heavy atom. The van der Waals surface area contributed by atoms with E-state index in [-0.39, 0.29) is 5.91 Å². The Morgan fingerprint density at radius 3 is 2.67 bits per heavy atom. The number of ether oxygens (including phenoxy) is 1. The minimum absolute atomic E-state index is 0.130. The second-order valence-corrected chi connectivity index (χ2v) is 5.17. The van der Waals surface area contributed by atoms with E-state index in [1.54, 1.807) is 19.5 Å². The van der Waals surface area contributed by atoms with Crippen molar-refractivity contribution >= 4 is 5.91 Å². The van der Waals surface area contributed by atoms with Gasteiger partial charge in [0, 0.05) is 31.6 Å². The van der Waals surface area contributed by atoms with Crippen molar-refractivity contribution in [2.24, 2.45) is 0 Å². The fraction of sp³-hybridized carbons (Fsp3) is 0.571. The van der Waals surface area contributed by atoms with Gasteiger partial charge in [-0.1, -0.05) is 0 Å². The van der Waals surface area contributed by atoms with Crippen molar-refractivity contribution in [1.82, 2.24) is 9.88 Å². The summed E-state index contributed by atoms with van der Waals surface area (Å²) < 4.78 is 5.46. The molecule has 0 aromatic carbocycles. The zero-order chi connectivity index (χ0) is 12.5. The summed E-state index contributed by atoms with van der Waals surface area (Å²) >= 11 is 0. The van der Waals surface area contributed by atoms with E-state index < -0.39 is 0 Å². The zero-order valence-electron chi connectivity index (χ0n) is 10.6. The zero-order valence-corrected chi connectivity index (χ0v) is 10.6. The largest absolute Gasteiger partial charge is 0.381 e. The maximum Gasteiger partial charge on any atom is 0.255 e. The van der Waals surface area contributed by atoms with Crippen LogP contribution in [0.25, 0.3) is 0 Å². The molecule has 3 heterocycles. The molecule has 2 atom stereocenters. The maximum absolute atomic E-state index is 12.5. The lowest BCUT2D eigenvalue weighted by atomic mass is 9.99. The van der Waals surface area contributed by atoms with Crippen molar-refractivity contribution in [3.8, 4) is 0 Å². The topological polar surface area (TPSA) is 42.4 Å². The minimum Gasteiger partial charge on any atom is -0.381 e. The molecule has 0 saturated carbocycles. The molecule has 0 aliphatic carbocycles. The number of aromatic nitrogens is 1.